The molecule has 1 amide bonds. The molecule has 2 aromatic rings. The number of H-pyrrole nitrogens is 1. The minimum Gasteiger partial charge on any atom is -0.336 e. The highest BCUT2D eigenvalue weighted by molar-refractivity contribution is 5.94. The zero-order valence-corrected chi connectivity index (χ0v) is 14.3. The van der Waals surface area contributed by atoms with E-state index in [9.17, 15) is 9.18 Å². The molecule has 1 aliphatic heterocycles. The number of carbonyl (C=O) groups is 1. The maximum atomic E-state index is 13.9. The maximum Gasteiger partial charge on any atom is 0.274 e. The van der Waals surface area contributed by atoms with Crippen LogP contribution in [0.1, 0.15) is 40.2 Å². The van der Waals surface area contributed by atoms with Crippen LogP contribution in [0.15, 0.2) is 24.3 Å². The Balaban J connectivity index is 1.41. The molecule has 1 aliphatic carbocycles. The quantitative estimate of drug-likeness (QED) is 0.932. The summed E-state index contributed by atoms with van der Waals surface area (Å²) < 4.78 is 13.9. The number of nitrogens with one attached hydrogen (secondary N) is 1. The zero-order valence-electron chi connectivity index (χ0n) is 14.3. The van der Waals surface area contributed by atoms with Crippen LogP contribution in [0.3, 0.4) is 0 Å². The molecule has 1 fully saturated rings. The lowest BCUT2D eigenvalue weighted by atomic mass is 10.2. The highest BCUT2D eigenvalue weighted by Crippen LogP contribution is 2.24. The first kappa shape index (κ1) is 16.3. The van der Waals surface area contributed by atoms with Gasteiger partial charge in [0.25, 0.3) is 5.91 Å². The van der Waals surface area contributed by atoms with Crippen molar-refractivity contribution in [3.05, 3.63) is 52.6 Å². The second kappa shape index (κ2) is 6.96. The minimum absolute atomic E-state index is 0.0344. The third-order valence-electron chi connectivity index (χ3n) is 5.24. The summed E-state index contributed by atoms with van der Waals surface area (Å²) in [4.78, 5) is 17.0. The lowest BCUT2D eigenvalue weighted by molar-refractivity contribution is 0.0754. The van der Waals surface area contributed by atoms with E-state index in [0.29, 0.717) is 24.3 Å². The van der Waals surface area contributed by atoms with E-state index in [4.69, 9.17) is 0 Å². The highest BCUT2D eigenvalue weighted by atomic mass is 19.1. The van der Waals surface area contributed by atoms with E-state index in [1.54, 1.807) is 6.07 Å². The minimum atomic E-state index is -0.160. The summed E-state index contributed by atoms with van der Waals surface area (Å²) >= 11 is 0. The van der Waals surface area contributed by atoms with Gasteiger partial charge in [-0.05, 0) is 31.7 Å². The number of fused-ring (bicyclic) bond motifs is 1. The molecule has 2 heterocycles. The van der Waals surface area contributed by atoms with Gasteiger partial charge >= 0.3 is 0 Å². The Morgan fingerprint density at radius 3 is 2.88 bits per heavy atom. The van der Waals surface area contributed by atoms with Crippen LogP contribution >= 0.6 is 0 Å². The van der Waals surface area contributed by atoms with E-state index < -0.39 is 0 Å². The van der Waals surface area contributed by atoms with Gasteiger partial charge in [0.1, 0.15) is 5.82 Å². The smallest absolute Gasteiger partial charge is 0.274 e. The highest BCUT2D eigenvalue weighted by Gasteiger charge is 2.27. The molecule has 0 radical (unpaired) electrons. The van der Waals surface area contributed by atoms with Crippen molar-refractivity contribution in [3.63, 3.8) is 0 Å². The summed E-state index contributed by atoms with van der Waals surface area (Å²) in [6.07, 6.45) is 3.93. The normalized spacial score (nSPS) is 18.2. The lowest BCUT2D eigenvalue weighted by Gasteiger charge is -2.22. The molecular formula is C19H23FN4O. The standard InChI is InChI=1S/C19H23FN4O/c20-16-7-2-1-5-14(16)13-23-9-4-10-24(12-11-23)19(25)18-15-6-3-8-17(15)21-22-18/h1-2,5,7H,3-4,6,8-13H2,(H,21,22). The van der Waals surface area contributed by atoms with Gasteiger partial charge in [0.05, 0.1) is 0 Å². The van der Waals surface area contributed by atoms with Gasteiger partial charge in [-0.1, -0.05) is 18.2 Å². The van der Waals surface area contributed by atoms with Crippen molar-refractivity contribution in [2.45, 2.75) is 32.2 Å². The molecule has 6 heteroatoms. The third-order valence-corrected chi connectivity index (χ3v) is 5.24. The van der Waals surface area contributed by atoms with Gasteiger partial charge in [-0.2, -0.15) is 5.10 Å². The van der Waals surface area contributed by atoms with Crippen molar-refractivity contribution >= 4 is 5.91 Å². The summed E-state index contributed by atoms with van der Waals surface area (Å²) in [5, 5.41) is 7.28. The van der Waals surface area contributed by atoms with Crippen LogP contribution in [0, 0.1) is 5.82 Å². The molecule has 132 valence electrons. The molecule has 25 heavy (non-hydrogen) atoms. The monoisotopic (exact) mass is 342 g/mol. The topological polar surface area (TPSA) is 52.2 Å². The second-order valence-electron chi connectivity index (χ2n) is 6.90. The number of aromatic amines is 1. The van der Waals surface area contributed by atoms with Crippen LogP contribution < -0.4 is 0 Å². The Labute approximate surface area is 146 Å². The van der Waals surface area contributed by atoms with Gasteiger partial charge in [0, 0.05) is 49.5 Å². The van der Waals surface area contributed by atoms with E-state index in [-0.39, 0.29) is 11.7 Å². The maximum absolute atomic E-state index is 13.9. The number of aryl methyl sites for hydroxylation is 1. The molecule has 0 spiro atoms. The number of aromatic nitrogens is 2. The molecule has 0 atom stereocenters. The predicted molar refractivity (Wildman–Crippen MR) is 92.8 cm³/mol. The summed E-state index contributed by atoms with van der Waals surface area (Å²) in [7, 11) is 0. The third kappa shape index (κ3) is 3.31. The fourth-order valence-corrected chi connectivity index (χ4v) is 3.85. The van der Waals surface area contributed by atoms with Crippen molar-refractivity contribution in [2.75, 3.05) is 26.2 Å². The Morgan fingerprint density at radius 2 is 2.00 bits per heavy atom. The zero-order chi connectivity index (χ0) is 17.2. The Hall–Kier alpha value is -2.21. The SMILES string of the molecule is O=C(c1n[nH]c2c1CCC2)N1CCCN(Cc2ccccc2F)CC1. The molecule has 0 saturated carbocycles. The molecular weight excluding hydrogens is 319 g/mol. The fourth-order valence-electron chi connectivity index (χ4n) is 3.85. The van der Waals surface area contributed by atoms with Crippen molar-refractivity contribution in [3.8, 4) is 0 Å². The number of benzene rings is 1. The van der Waals surface area contributed by atoms with Crippen molar-refractivity contribution in [1.29, 1.82) is 0 Å². The van der Waals surface area contributed by atoms with Gasteiger partial charge in [-0.3, -0.25) is 14.8 Å². The van der Waals surface area contributed by atoms with Crippen LogP contribution in [-0.4, -0.2) is 52.1 Å². The van der Waals surface area contributed by atoms with E-state index in [1.165, 1.54) is 6.07 Å². The fraction of sp³-hybridized carbons (Fsp3) is 0.474. The summed E-state index contributed by atoms with van der Waals surface area (Å²) in [5.41, 5.74) is 3.55. The van der Waals surface area contributed by atoms with Crippen molar-refractivity contribution in [2.24, 2.45) is 0 Å². The Bertz CT molecular complexity index is 773. The molecule has 1 saturated heterocycles. The molecule has 1 aromatic carbocycles. The molecule has 2 aliphatic rings. The number of amides is 1. The average Bonchev–Trinajstić information content (AvgIpc) is 3.15. The molecule has 4 rings (SSSR count). The molecule has 0 unspecified atom stereocenters. The molecule has 5 nitrogen and oxygen atoms in total. The number of carbonyl (C=O) groups excluding carboxylic acids is 1. The summed E-state index contributed by atoms with van der Waals surface area (Å²) in [6.45, 7) is 3.61. The average molecular weight is 342 g/mol. The van der Waals surface area contributed by atoms with Gasteiger partial charge in [0.2, 0.25) is 0 Å². The molecule has 1 aromatic heterocycles. The number of nitrogens with zero attached hydrogens (tertiary/aromatic N) is 3. The van der Waals surface area contributed by atoms with Gasteiger partial charge < -0.3 is 4.90 Å². The number of rotatable bonds is 3. The number of hydrogen-bond acceptors (Lipinski definition) is 3. The van der Waals surface area contributed by atoms with E-state index in [2.05, 4.69) is 15.1 Å². The van der Waals surface area contributed by atoms with Crippen LogP contribution in [-0.2, 0) is 19.4 Å². The lowest BCUT2D eigenvalue weighted by Crippen LogP contribution is -2.35. The Kier molecular flexibility index (Phi) is 4.53. The van der Waals surface area contributed by atoms with E-state index in [1.807, 2.05) is 17.0 Å². The van der Waals surface area contributed by atoms with Crippen molar-refractivity contribution < 1.29 is 9.18 Å². The van der Waals surface area contributed by atoms with Gasteiger partial charge in [0.15, 0.2) is 5.69 Å². The molecule has 0 bridgehead atoms. The van der Waals surface area contributed by atoms with Crippen LogP contribution in [0.2, 0.25) is 0 Å². The first-order valence-electron chi connectivity index (χ1n) is 9.03. The van der Waals surface area contributed by atoms with E-state index in [0.717, 1.165) is 56.6 Å². The second-order valence-corrected chi connectivity index (χ2v) is 6.90. The molecule has 1 N–H and O–H groups in total. The van der Waals surface area contributed by atoms with Crippen molar-refractivity contribution in [1.82, 2.24) is 20.0 Å². The van der Waals surface area contributed by atoms with Crippen LogP contribution in [0.4, 0.5) is 4.39 Å². The number of hydrogen-bond donors (Lipinski definition) is 1. The van der Waals surface area contributed by atoms with Crippen LogP contribution in [0.5, 0.6) is 0 Å². The summed E-state index contributed by atoms with van der Waals surface area (Å²) in [5.74, 6) is -0.126. The van der Waals surface area contributed by atoms with E-state index >= 15 is 0 Å². The van der Waals surface area contributed by atoms with Gasteiger partial charge in [-0.25, -0.2) is 4.39 Å². The van der Waals surface area contributed by atoms with Gasteiger partial charge in [-0.15, -0.1) is 0 Å². The first-order chi connectivity index (χ1) is 12.2. The summed E-state index contributed by atoms with van der Waals surface area (Å²) in [6, 6.07) is 6.91. The largest absolute Gasteiger partial charge is 0.336 e. The first-order valence-corrected chi connectivity index (χ1v) is 9.03. The predicted octanol–water partition coefficient (Wildman–Crippen LogP) is 2.39. The van der Waals surface area contributed by atoms with Crippen LogP contribution in [0.25, 0.3) is 0 Å². The Morgan fingerprint density at radius 1 is 1.12 bits per heavy atom. The number of halogens is 1.